The first-order valence-corrected chi connectivity index (χ1v) is 8.86. The summed E-state index contributed by atoms with van der Waals surface area (Å²) < 4.78 is 10.4. The minimum absolute atomic E-state index is 0.149. The van der Waals surface area contributed by atoms with Crippen LogP contribution in [0, 0.1) is 5.92 Å². The number of carbonyl (C=O) groups is 1. The molecule has 6 heteroatoms. The predicted octanol–water partition coefficient (Wildman–Crippen LogP) is 3.67. The van der Waals surface area contributed by atoms with Crippen molar-refractivity contribution in [2.75, 3.05) is 14.2 Å². The fourth-order valence-corrected chi connectivity index (χ4v) is 3.26. The van der Waals surface area contributed by atoms with Crippen LogP contribution in [-0.2, 0) is 11.3 Å². The number of hydrogen-bond acceptors (Lipinski definition) is 5. The topological polar surface area (TPSA) is 68.5 Å². The second-order valence-corrected chi connectivity index (χ2v) is 6.70. The number of carbonyl (C=O) groups excluding carboxylic acids is 1. The van der Waals surface area contributed by atoms with Gasteiger partial charge in [0.15, 0.2) is 0 Å². The zero-order valence-corrected chi connectivity index (χ0v) is 14.9. The molecule has 1 aromatic heterocycles. The monoisotopic (exact) mass is 343 g/mol. The Morgan fingerprint density at radius 2 is 1.96 bits per heavy atom. The third kappa shape index (κ3) is 4.59. The standard InChI is InChI=1S/C19H25N3O3/c1-22(18(23)12-14-6-4-3-5-7-14)13-17-20-19(21-25-17)15-8-10-16(24-2)11-9-15/h8-11,14H,3-7,12-13H2,1-2H3. The first kappa shape index (κ1) is 17.5. The van der Waals surface area contributed by atoms with Gasteiger partial charge in [-0.3, -0.25) is 4.79 Å². The highest BCUT2D eigenvalue weighted by atomic mass is 16.5. The second kappa shape index (κ2) is 8.14. The van der Waals surface area contributed by atoms with E-state index in [1.54, 1.807) is 19.1 Å². The molecule has 6 nitrogen and oxygen atoms in total. The third-order valence-electron chi connectivity index (χ3n) is 4.80. The summed E-state index contributed by atoms with van der Waals surface area (Å²) in [6.07, 6.45) is 6.75. The molecule has 1 fully saturated rings. The number of amides is 1. The summed E-state index contributed by atoms with van der Waals surface area (Å²) in [4.78, 5) is 18.5. The van der Waals surface area contributed by atoms with E-state index in [1.807, 2.05) is 24.3 Å². The van der Waals surface area contributed by atoms with E-state index in [9.17, 15) is 4.79 Å². The van der Waals surface area contributed by atoms with Gasteiger partial charge in [0.2, 0.25) is 17.6 Å². The molecule has 0 N–H and O–H groups in total. The predicted molar refractivity (Wildman–Crippen MR) is 94.0 cm³/mol. The zero-order valence-electron chi connectivity index (χ0n) is 14.9. The highest BCUT2D eigenvalue weighted by molar-refractivity contribution is 5.76. The van der Waals surface area contributed by atoms with Crippen LogP contribution in [0.2, 0.25) is 0 Å². The van der Waals surface area contributed by atoms with Crippen LogP contribution in [0.25, 0.3) is 11.4 Å². The molecule has 0 spiro atoms. The van der Waals surface area contributed by atoms with Crippen molar-refractivity contribution in [3.8, 4) is 17.1 Å². The number of aromatic nitrogens is 2. The van der Waals surface area contributed by atoms with Crippen LogP contribution in [0.5, 0.6) is 5.75 Å². The molecule has 1 aromatic carbocycles. The average molecular weight is 343 g/mol. The first-order valence-electron chi connectivity index (χ1n) is 8.86. The number of nitrogens with zero attached hydrogens (tertiary/aromatic N) is 3. The fourth-order valence-electron chi connectivity index (χ4n) is 3.26. The molecule has 0 bridgehead atoms. The Hall–Kier alpha value is -2.37. The largest absolute Gasteiger partial charge is 0.497 e. The lowest BCUT2D eigenvalue weighted by atomic mass is 9.87. The molecular formula is C19H25N3O3. The number of rotatable bonds is 6. The van der Waals surface area contributed by atoms with Crippen molar-refractivity contribution in [1.82, 2.24) is 15.0 Å². The highest BCUT2D eigenvalue weighted by Gasteiger charge is 2.20. The van der Waals surface area contributed by atoms with Gasteiger partial charge in [0.05, 0.1) is 13.7 Å². The molecule has 1 aliphatic rings. The van der Waals surface area contributed by atoms with E-state index in [2.05, 4.69) is 10.1 Å². The van der Waals surface area contributed by atoms with Crippen molar-refractivity contribution >= 4 is 5.91 Å². The lowest BCUT2D eigenvalue weighted by Crippen LogP contribution is -2.28. The van der Waals surface area contributed by atoms with Gasteiger partial charge in [-0.05, 0) is 43.0 Å². The van der Waals surface area contributed by atoms with Crippen molar-refractivity contribution < 1.29 is 14.1 Å². The molecule has 0 atom stereocenters. The third-order valence-corrected chi connectivity index (χ3v) is 4.80. The van der Waals surface area contributed by atoms with Crippen LogP contribution in [0.3, 0.4) is 0 Å². The maximum Gasteiger partial charge on any atom is 0.246 e. The van der Waals surface area contributed by atoms with Crippen LogP contribution in [-0.4, -0.2) is 35.1 Å². The van der Waals surface area contributed by atoms with Crippen molar-refractivity contribution in [2.45, 2.75) is 45.1 Å². The Morgan fingerprint density at radius 3 is 2.64 bits per heavy atom. The number of methoxy groups -OCH3 is 1. The van der Waals surface area contributed by atoms with E-state index in [-0.39, 0.29) is 5.91 Å². The smallest absolute Gasteiger partial charge is 0.246 e. The van der Waals surface area contributed by atoms with Crippen LogP contribution in [0.15, 0.2) is 28.8 Å². The Morgan fingerprint density at radius 1 is 1.24 bits per heavy atom. The maximum absolute atomic E-state index is 12.4. The molecule has 1 saturated carbocycles. The molecule has 1 amide bonds. The Bertz CT molecular complexity index is 690. The lowest BCUT2D eigenvalue weighted by molar-refractivity contribution is -0.132. The fraction of sp³-hybridized carbons (Fsp3) is 0.526. The van der Waals surface area contributed by atoms with Gasteiger partial charge in [0, 0.05) is 19.0 Å². The van der Waals surface area contributed by atoms with Gasteiger partial charge < -0.3 is 14.2 Å². The molecule has 0 saturated heterocycles. The van der Waals surface area contributed by atoms with Crippen LogP contribution < -0.4 is 4.74 Å². The van der Waals surface area contributed by atoms with Gasteiger partial charge in [0.25, 0.3) is 0 Å². The molecular weight excluding hydrogens is 318 g/mol. The van der Waals surface area contributed by atoms with Gasteiger partial charge >= 0.3 is 0 Å². The maximum atomic E-state index is 12.4. The van der Waals surface area contributed by atoms with Gasteiger partial charge in [-0.25, -0.2) is 0 Å². The van der Waals surface area contributed by atoms with E-state index in [4.69, 9.17) is 9.26 Å². The number of ether oxygens (including phenoxy) is 1. The number of hydrogen-bond donors (Lipinski definition) is 0. The molecule has 25 heavy (non-hydrogen) atoms. The molecule has 0 aliphatic heterocycles. The number of benzene rings is 1. The van der Waals surface area contributed by atoms with E-state index < -0.39 is 0 Å². The summed E-state index contributed by atoms with van der Waals surface area (Å²) in [5.41, 5.74) is 0.854. The summed E-state index contributed by atoms with van der Waals surface area (Å²) in [5, 5.41) is 4.01. The Kier molecular flexibility index (Phi) is 5.68. The highest BCUT2D eigenvalue weighted by Crippen LogP contribution is 2.27. The summed E-state index contributed by atoms with van der Waals surface area (Å²) in [7, 11) is 3.42. The molecule has 1 aliphatic carbocycles. The zero-order chi connectivity index (χ0) is 17.6. The van der Waals surface area contributed by atoms with Gasteiger partial charge in [-0.2, -0.15) is 4.98 Å². The van der Waals surface area contributed by atoms with Gasteiger partial charge in [-0.15, -0.1) is 0 Å². The van der Waals surface area contributed by atoms with Gasteiger partial charge in [0.1, 0.15) is 5.75 Å². The molecule has 1 heterocycles. The van der Waals surface area contributed by atoms with Crippen LogP contribution >= 0.6 is 0 Å². The van der Waals surface area contributed by atoms with Crippen molar-refractivity contribution in [1.29, 1.82) is 0 Å². The summed E-state index contributed by atoms with van der Waals surface area (Å²) >= 11 is 0. The van der Waals surface area contributed by atoms with E-state index in [1.165, 1.54) is 32.1 Å². The molecule has 2 aromatic rings. The summed E-state index contributed by atoms with van der Waals surface area (Å²) in [6.45, 7) is 0.342. The van der Waals surface area contributed by atoms with Crippen molar-refractivity contribution in [3.05, 3.63) is 30.2 Å². The molecule has 134 valence electrons. The first-order chi connectivity index (χ1) is 12.2. The van der Waals surface area contributed by atoms with Gasteiger partial charge in [-0.1, -0.05) is 24.4 Å². The second-order valence-electron chi connectivity index (χ2n) is 6.70. The van der Waals surface area contributed by atoms with Crippen LogP contribution in [0.4, 0.5) is 0 Å². The van der Waals surface area contributed by atoms with Crippen molar-refractivity contribution in [2.24, 2.45) is 5.92 Å². The summed E-state index contributed by atoms with van der Waals surface area (Å²) in [6, 6.07) is 7.47. The average Bonchev–Trinajstić information content (AvgIpc) is 3.11. The quantitative estimate of drug-likeness (QED) is 0.800. The lowest BCUT2D eigenvalue weighted by Gasteiger charge is -2.23. The van der Waals surface area contributed by atoms with E-state index in [0.29, 0.717) is 30.6 Å². The Balaban J connectivity index is 1.57. The van der Waals surface area contributed by atoms with E-state index in [0.717, 1.165) is 11.3 Å². The van der Waals surface area contributed by atoms with E-state index >= 15 is 0 Å². The minimum atomic E-state index is 0.149. The molecule has 0 radical (unpaired) electrons. The van der Waals surface area contributed by atoms with Crippen molar-refractivity contribution in [3.63, 3.8) is 0 Å². The minimum Gasteiger partial charge on any atom is -0.497 e. The normalized spacial score (nSPS) is 15.1. The molecule has 3 rings (SSSR count). The van der Waals surface area contributed by atoms with Crippen LogP contribution in [0.1, 0.15) is 44.4 Å². The summed E-state index contributed by atoms with van der Waals surface area (Å²) in [5.74, 6) is 2.42. The Labute approximate surface area is 148 Å². The molecule has 0 unspecified atom stereocenters. The SMILES string of the molecule is COc1ccc(-c2noc(CN(C)C(=O)CC3CCCCC3)n2)cc1.